The lowest BCUT2D eigenvalue weighted by Crippen LogP contribution is -2.46. The summed E-state index contributed by atoms with van der Waals surface area (Å²) in [7, 11) is 1.69. The van der Waals surface area contributed by atoms with Gasteiger partial charge in [-0.2, -0.15) is 0 Å². The molecule has 2 aliphatic rings. The van der Waals surface area contributed by atoms with Crippen LogP contribution in [0.4, 0.5) is 0 Å². The van der Waals surface area contributed by atoms with E-state index < -0.39 is 5.60 Å². The van der Waals surface area contributed by atoms with Crippen LogP contribution in [0, 0.1) is 0 Å². The zero-order valence-electron chi connectivity index (χ0n) is 19.5. The van der Waals surface area contributed by atoms with Crippen molar-refractivity contribution in [2.75, 3.05) is 39.8 Å². The van der Waals surface area contributed by atoms with E-state index in [2.05, 4.69) is 58.3 Å². The quantitative estimate of drug-likeness (QED) is 0.636. The van der Waals surface area contributed by atoms with Crippen LogP contribution >= 0.6 is 0 Å². The van der Waals surface area contributed by atoms with Crippen molar-refractivity contribution >= 4 is 5.57 Å². The van der Waals surface area contributed by atoms with Gasteiger partial charge in [-0.25, -0.2) is 0 Å². The Morgan fingerprint density at radius 2 is 1.56 bits per heavy atom. The van der Waals surface area contributed by atoms with Crippen molar-refractivity contribution in [2.24, 2.45) is 0 Å². The van der Waals surface area contributed by atoms with E-state index in [-0.39, 0.29) is 0 Å². The summed E-state index contributed by atoms with van der Waals surface area (Å²) in [4.78, 5) is 5.11. The second-order valence-corrected chi connectivity index (χ2v) is 9.33. The lowest BCUT2D eigenvalue weighted by atomic mass is 9.76. The van der Waals surface area contributed by atoms with Gasteiger partial charge in [0.15, 0.2) is 0 Å². The summed E-state index contributed by atoms with van der Waals surface area (Å²) in [6.07, 6.45) is 8.45. The van der Waals surface area contributed by atoms with Crippen molar-refractivity contribution in [2.45, 2.75) is 50.7 Å². The molecule has 2 aromatic carbocycles. The predicted octanol–water partition coefficient (Wildman–Crippen LogP) is 4.98. The number of hydrogen-bond acceptors (Lipinski definition) is 4. The number of methoxy groups -OCH3 is 1. The third-order valence-corrected chi connectivity index (χ3v) is 7.09. The third kappa shape index (κ3) is 6.00. The summed E-state index contributed by atoms with van der Waals surface area (Å²) in [5, 5.41) is 11.5. The zero-order valence-corrected chi connectivity index (χ0v) is 19.5. The smallest absolute Gasteiger partial charge is 0.118 e. The maximum Gasteiger partial charge on any atom is 0.118 e. The number of hydrogen-bond donors (Lipinski definition) is 1. The highest BCUT2D eigenvalue weighted by Gasteiger charge is 2.33. The Labute approximate surface area is 193 Å². The molecule has 2 fully saturated rings. The van der Waals surface area contributed by atoms with Crippen LogP contribution in [0.2, 0.25) is 0 Å². The Balaban J connectivity index is 1.35. The lowest BCUT2D eigenvalue weighted by molar-refractivity contribution is 0.0611. The fourth-order valence-electron chi connectivity index (χ4n) is 5.16. The first-order valence-electron chi connectivity index (χ1n) is 12.2. The molecule has 0 unspecified atom stereocenters. The molecule has 1 N–H and O–H groups in total. The zero-order chi connectivity index (χ0) is 22.2. The maximum absolute atomic E-state index is 11.5. The van der Waals surface area contributed by atoms with Gasteiger partial charge in [0.1, 0.15) is 5.75 Å². The highest BCUT2D eigenvalue weighted by atomic mass is 16.5. The molecule has 32 heavy (non-hydrogen) atoms. The SMILES string of the molecule is COc1ccc(C(=CCCN2CCN(Cc3ccccc3)CC2)C2(O)CCCCC2)cc1. The van der Waals surface area contributed by atoms with Gasteiger partial charge in [0.2, 0.25) is 0 Å². The van der Waals surface area contributed by atoms with E-state index in [0.29, 0.717) is 0 Å². The second-order valence-electron chi connectivity index (χ2n) is 9.33. The molecule has 1 saturated carbocycles. The summed E-state index contributed by atoms with van der Waals surface area (Å²) in [6.45, 7) is 6.56. The first kappa shape index (κ1) is 23.0. The van der Waals surface area contributed by atoms with Gasteiger partial charge in [0.25, 0.3) is 0 Å². The van der Waals surface area contributed by atoms with Gasteiger partial charge in [0, 0.05) is 39.3 Å². The minimum absolute atomic E-state index is 0.693. The van der Waals surface area contributed by atoms with Crippen molar-refractivity contribution in [3.05, 3.63) is 71.8 Å². The summed E-state index contributed by atoms with van der Waals surface area (Å²) in [5.74, 6) is 0.858. The molecule has 0 spiro atoms. The molecule has 1 saturated heterocycles. The fraction of sp³-hybridized carbons (Fsp3) is 0.500. The van der Waals surface area contributed by atoms with Gasteiger partial charge < -0.3 is 14.7 Å². The van der Waals surface area contributed by atoms with Crippen LogP contribution in [0.25, 0.3) is 5.57 Å². The summed E-state index contributed by atoms with van der Waals surface area (Å²) in [5.41, 5.74) is 2.94. The van der Waals surface area contributed by atoms with E-state index in [1.807, 2.05) is 12.1 Å². The standard InChI is InChI=1S/C28H38N2O2/c1-32-26-14-12-25(13-15-26)27(28(31)16-6-3-7-17-28)11-8-18-29-19-21-30(22-20-29)23-24-9-4-2-5-10-24/h2,4-5,9-15,31H,3,6-8,16-23H2,1H3. The fourth-order valence-corrected chi connectivity index (χ4v) is 5.16. The molecule has 1 heterocycles. The molecule has 0 atom stereocenters. The molecule has 4 rings (SSSR count). The van der Waals surface area contributed by atoms with E-state index in [1.165, 1.54) is 12.0 Å². The van der Waals surface area contributed by atoms with Gasteiger partial charge in [0.05, 0.1) is 12.7 Å². The second kappa shape index (κ2) is 11.1. The van der Waals surface area contributed by atoms with Crippen molar-refractivity contribution in [3.8, 4) is 5.75 Å². The molecule has 0 amide bonds. The van der Waals surface area contributed by atoms with E-state index in [9.17, 15) is 5.11 Å². The van der Waals surface area contributed by atoms with Gasteiger partial charge in [-0.15, -0.1) is 0 Å². The Morgan fingerprint density at radius 1 is 0.906 bits per heavy atom. The summed E-state index contributed by atoms with van der Waals surface area (Å²) >= 11 is 0. The topological polar surface area (TPSA) is 35.9 Å². The van der Waals surface area contributed by atoms with E-state index in [4.69, 9.17) is 4.74 Å². The van der Waals surface area contributed by atoms with Crippen molar-refractivity contribution in [1.82, 2.24) is 9.80 Å². The van der Waals surface area contributed by atoms with Crippen LogP contribution in [-0.4, -0.2) is 60.3 Å². The van der Waals surface area contributed by atoms with Crippen LogP contribution in [0.15, 0.2) is 60.7 Å². The van der Waals surface area contributed by atoms with Gasteiger partial charge in [-0.1, -0.05) is 67.8 Å². The first-order chi connectivity index (χ1) is 15.7. The van der Waals surface area contributed by atoms with E-state index in [1.54, 1.807) is 7.11 Å². The Kier molecular flexibility index (Phi) is 8.01. The highest BCUT2D eigenvalue weighted by Crippen LogP contribution is 2.40. The Hall–Kier alpha value is -2.14. The van der Waals surface area contributed by atoms with Gasteiger partial charge in [-0.3, -0.25) is 4.90 Å². The molecular formula is C28H38N2O2. The van der Waals surface area contributed by atoms with Crippen LogP contribution < -0.4 is 4.74 Å². The molecule has 0 radical (unpaired) electrons. The van der Waals surface area contributed by atoms with Gasteiger partial charge >= 0.3 is 0 Å². The first-order valence-corrected chi connectivity index (χ1v) is 12.2. The molecule has 0 aromatic heterocycles. The Morgan fingerprint density at radius 3 is 2.22 bits per heavy atom. The predicted molar refractivity (Wildman–Crippen MR) is 132 cm³/mol. The number of nitrogens with zero attached hydrogens (tertiary/aromatic N) is 2. The van der Waals surface area contributed by atoms with Crippen LogP contribution in [0.5, 0.6) is 5.75 Å². The molecule has 4 nitrogen and oxygen atoms in total. The van der Waals surface area contributed by atoms with Gasteiger partial charge in [-0.05, 0) is 48.1 Å². The third-order valence-electron chi connectivity index (χ3n) is 7.09. The van der Waals surface area contributed by atoms with Crippen LogP contribution in [0.1, 0.15) is 49.7 Å². The molecule has 2 aromatic rings. The number of rotatable bonds is 8. The molecule has 1 aliphatic heterocycles. The number of aliphatic hydroxyl groups is 1. The summed E-state index contributed by atoms with van der Waals surface area (Å²) < 4.78 is 5.33. The van der Waals surface area contributed by atoms with Crippen LogP contribution in [0.3, 0.4) is 0 Å². The minimum atomic E-state index is -0.693. The number of piperazine rings is 1. The maximum atomic E-state index is 11.5. The molecule has 0 bridgehead atoms. The average Bonchev–Trinajstić information content (AvgIpc) is 2.84. The normalized spacial score (nSPS) is 20.2. The minimum Gasteiger partial charge on any atom is -0.497 e. The van der Waals surface area contributed by atoms with Crippen molar-refractivity contribution < 1.29 is 9.84 Å². The van der Waals surface area contributed by atoms with E-state index >= 15 is 0 Å². The molecule has 1 aliphatic carbocycles. The Bertz CT molecular complexity index is 849. The van der Waals surface area contributed by atoms with E-state index in [0.717, 1.165) is 88.3 Å². The number of benzene rings is 2. The van der Waals surface area contributed by atoms with Crippen LogP contribution in [-0.2, 0) is 6.54 Å². The number of ether oxygens (including phenoxy) is 1. The lowest BCUT2D eigenvalue weighted by Gasteiger charge is -2.36. The summed E-state index contributed by atoms with van der Waals surface area (Å²) in [6, 6.07) is 19.0. The largest absolute Gasteiger partial charge is 0.497 e. The highest BCUT2D eigenvalue weighted by molar-refractivity contribution is 5.72. The molecule has 4 heteroatoms. The molecular weight excluding hydrogens is 396 g/mol. The van der Waals surface area contributed by atoms with Crippen molar-refractivity contribution in [1.29, 1.82) is 0 Å². The monoisotopic (exact) mass is 434 g/mol. The molecule has 172 valence electrons. The average molecular weight is 435 g/mol. The van der Waals surface area contributed by atoms with Crippen molar-refractivity contribution in [3.63, 3.8) is 0 Å².